The molecule has 0 aliphatic heterocycles. The van der Waals surface area contributed by atoms with Crippen molar-refractivity contribution in [1.29, 1.82) is 0 Å². The summed E-state index contributed by atoms with van der Waals surface area (Å²) in [5, 5.41) is 8.42. The summed E-state index contributed by atoms with van der Waals surface area (Å²) in [6.07, 6.45) is 0. The lowest BCUT2D eigenvalue weighted by atomic mass is 10.1. The Morgan fingerprint density at radius 1 is 1.03 bits per heavy atom. The summed E-state index contributed by atoms with van der Waals surface area (Å²) in [6, 6.07) is 18.1. The van der Waals surface area contributed by atoms with Crippen LogP contribution in [-0.4, -0.2) is 15.7 Å². The van der Waals surface area contributed by atoms with E-state index in [1.807, 2.05) is 49.4 Å². The van der Waals surface area contributed by atoms with Crippen molar-refractivity contribution in [2.75, 3.05) is 5.32 Å². The number of carbonyl (C=O) groups excluding carboxylic acids is 1. The summed E-state index contributed by atoms with van der Waals surface area (Å²) in [5.74, 6) is -0.304. The van der Waals surface area contributed by atoms with Gasteiger partial charge in [-0.3, -0.25) is 4.79 Å². The molecule has 0 atom stereocenters. The molecule has 0 spiro atoms. The van der Waals surface area contributed by atoms with E-state index in [1.54, 1.807) is 22.9 Å². The molecular weight excluding hydrogens is 449 g/mol. The molecule has 4 rings (SSSR count). The Labute approximate surface area is 186 Å². The number of nitrogens with zero attached hydrogens (tertiary/aromatic N) is 2. The van der Waals surface area contributed by atoms with Crippen molar-refractivity contribution in [1.82, 2.24) is 9.78 Å². The second kappa shape index (κ2) is 8.20. The van der Waals surface area contributed by atoms with E-state index in [4.69, 9.17) is 34.8 Å². The van der Waals surface area contributed by atoms with Crippen LogP contribution >= 0.6 is 46.1 Å². The number of halogens is 3. The highest BCUT2D eigenvalue weighted by Crippen LogP contribution is 2.37. The van der Waals surface area contributed by atoms with Gasteiger partial charge in [-0.25, -0.2) is 4.68 Å². The van der Waals surface area contributed by atoms with E-state index in [0.717, 1.165) is 16.1 Å². The van der Waals surface area contributed by atoms with Crippen LogP contribution in [0.25, 0.3) is 16.3 Å². The number of carbonyl (C=O) groups is 1. The Hall–Kier alpha value is -2.31. The monoisotopic (exact) mass is 461 g/mol. The van der Waals surface area contributed by atoms with E-state index >= 15 is 0 Å². The fourth-order valence-corrected chi connectivity index (χ4v) is 4.60. The number of hydrogen-bond acceptors (Lipinski definition) is 3. The van der Waals surface area contributed by atoms with Gasteiger partial charge in [-0.2, -0.15) is 5.10 Å². The molecule has 0 saturated heterocycles. The fourth-order valence-electron chi connectivity index (χ4n) is 2.98. The van der Waals surface area contributed by atoms with E-state index in [1.165, 1.54) is 11.3 Å². The average Bonchev–Trinajstić information content (AvgIpc) is 3.25. The lowest BCUT2D eigenvalue weighted by molar-refractivity contribution is 0.102. The second-order valence-electron chi connectivity index (χ2n) is 6.25. The van der Waals surface area contributed by atoms with Gasteiger partial charge in [0.2, 0.25) is 0 Å². The molecule has 1 amide bonds. The SMILES string of the molecule is Cc1c(C(=O)Nc2ccccc2)nn(-c2ccc(Cl)cc2Cl)c1-c1ccc(Cl)s1. The van der Waals surface area contributed by atoms with Crippen molar-refractivity contribution in [3.8, 4) is 16.3 Å². The minimum Gasteiger partial charge on any atom is -0.321 e. The van der Waals surface area contributed by atoms with Crippen molar-refractivity contribution in [2.45, 2.75) is 6.92 Å². The average molecular weight is 463 g/mol. The number of rotatable bonds is 4. The van der Waals surface area contributed by atoms with Gasteiger partial charge < -0.3 is 5.32 Å². The first kappa shape index (κ1) is 20.0. The van der Waals surface area contributed by atoms with Gasteiger partial charge in [0.15, 0.2) is 5.69 Å². The largest absolute Gasteiger partial charge is 0.321 e. The molecule has 146 valence electrons. The predicted octanol–water partition coefficient (Wildman–Crippen LogP) is 7.12. The maximum absolute atomic E-state index is 12.9. The van der Waals surface area contributed by atoms with Crippen LogP contribution in [0.4, 0.5) is 5.69 Å². The number of hydrogen-bond donors (Lipinski definition) is 1. The van der Waals surface area contributed by atoms with Crippen LogP contribution < -0.4 is 5.32 Å². The minimum atomic E-state index is -0.304. The van der Waals surface area contributed by atoms with Gasteiger partial charge in [-0.15, -0.1) is 11.3 Å². The normalized spacial score (nSPS) is 10.9. The summed E-state index contributed by atoms with van der Waals surface area (Å²) in [6.45, 7) is 1.86. The Balaban J connectivity index is 1.85. The van der Waals surface area contributed by atoms with Gasteiger partial charge in [0.1, 0.15) is 0 Å². The molecule has 0 aliphatic rings. The molecule has 0 saturated carbocycles. The highest BCUT2D eigenvalue weighted by atomic mass is 35.5. The predicted molar refractivity (Wildman–Crippen MR) is 121 cm³/mol. The van der Waals surface area contributed by atoms with Crippen LogP contribution in [0.3, 0.4) is 0 Å². The zero-order valence-corrected chi connectivity index (χ0v) is 18.2. The molecule has 8 heteroatoms. The number of amides is 1. The molecular formula is C21H14Cl3N3OS. The Morgan fingerprint density at radius 3 is 2.45 bits per heavy atom. The van der Waals surface area contributed by atoms with Crippen molar-refractivity contribution >= 4 is 57.7 Å². The molecule has 0 fully saturated rings. The van der Waals surface area contributed by atoms with Crippen LogP contribution in [0.5, 0.6) is 0 Å². The number of anilines is 1. The molecule has 2 aromatic heterocycles. The Bertz CT molecular complexity index is 1200. The number of thiophene rings is 1. The summed E-state index contributed by atoms with van der Waals surface area (Å²) in [7, 11) is 0. The Morgan fingerprint density at radius 2 is 1.79 bits per heavy atom. The van der Waals surface area contributed by atoms with Gasteiger partial charge in [0, 0.05) is 16.3 Å². The Kier molecular flexibility index (Phi) is 5.65. The first-order valence-corrected chi connectivity index (χ1v) is 10.6. The van der Waals surface area contributed by atoms with Crippen molar-refractivity contribution in [2.24, 2.45) is 0 Å². The third-order valence-corrected chi connectivity index (χ3v) is 6.09. The molecule has 4 nitrogen and oxygen atoms in total. The first-order valence-electron chi connectivity index (χ1n) is 8.61. The number of para-hydroxylation sites is 1. The second-order valence-corrected chi connectivity index (χ2v) is 8.81. The van der Waals surface area contributed by atoms with Crippen molar-refractivity contribution in [3.63, 3.8) is 0 Å². The fraction of sp³-hybridized carbons (Fsp3) is 0.0476. The van der Waals surface area contributed by atoms with Crippen LogP contribution in [0.15, 0.2) is 60.7 Å². The van der Waals surface area contributed by atoms with Gasteiger partial charge in [-0.1, -0.05) is 53.0 Å². The zero-order chi connectivity index (χ0) is 20.5. The summed E-state index contributed by atoms with van der Waals surface area (Å²) < 4.78 is 2.31. The van der Waals surface area contributed by atoms with Crippen LogP contribution in [0.2, 0.25) is 14.4 Å². The zero-order valence-electron chi connectivity index (χ0n) is 15.1. The lowest BCUT2D eigenvalue weighted by Gasteiger charge is -2.09. The van der Waals surface area contributed by atoms with Gasteiger partial charge in [0.25, 0.3) is 5.91 Å². The van der Waals surface area contributed by atoms with E-state index < -0.39 is 0 Å². The van der Waals surface area contributed by atoms with E-state index in [9.17, 15) is 4.79 Å². The molecule has 29 heavy (non-hydrogen) atoms. The third kappa shape index (κ3) is 4.05. The summed E-state index contributed by atoms with van der Waals surface area (Å²) in [5.41, 5.74) is 3.10. The topological polar surface area (TPSA) is 46.9 Å². The first-order chi connectivity index (χ1) is 13.9. The van der Waals surface area contributed by atoms with E-state index in [-0.39, 0.29) is 5.91 Å². The molecule has 2 aromatic carbocycles. The molecule has 0 bridgehead atoms. The third-order valence-electron chi connectivity index (χ3n) is 4.31. The molecule has 2 heterocycles. The number of benzene rings is 2. The maximum atomic E-state index is 12.9. The van der Waals surface area contributed by atoms with Gasteiger partial charge in [0.05, 0.1) is 25.6 Å². The van der Waals surface area contributed by atoms with Crippen molar-refractivity contribution < 1.29 is 4.79 Å². The highest BCUT2D eigenvalue weighted by molar-refractivity contribution is 7.19. The van der Waals surface area contributed by atoms with E-state index in [0.29, 0.717) is 31.5 Å². The van der Waals surface area contributed by atoms with Gasteiger partial charge in [-0.05, 0) is 49.4 Å². The van der Waals surface area contributed by atoms with Crippen LogP contribution in [0, 0.1) is 6.92 Å². The number of aromatic nitrogens is 2. The summed E-state index contributed by atoms with van der Waals surface area (Å²) >= 11 is 20.0. The lowest BCUT2D eigenvalue weighted by Crippen LogP contribution is -2.14. The molecule has 0 unspecified atom stereocenters. The van der Waals surface area contributed by atoms with Crippen molar-refractivity contribution in [3.05, 3.63) is 86.3 Å². The highest BCUT2D eigenvalue weighted by Gasteiger charge is 2.24. The van der Waals surface area contributed by atoms with E-state index in [2.05, 4.69) is 10.4 Å². The van der Waals surface area contributed by atoms with Gasteiger partial charge >= 0.3 is 0 Å². The minimum absolute atomic E-state index is 0.304. The number of nitrogens with one attached hydrogen (secondary N) is 1. The summed E-state index contributed by atoms with van der Waals surface area (Å²) in [4.78, 5) is 13.8. The smallest absolute Gasteiger partial charge is 0.276 e. The van der Waals surface area contributed by atoms with Crippen LogP contribution in [0.1, 0.15) is 16.1 Å². The standard InChI is InChI=1S/C21H14Cl3N3OS/c1-12-19(21(28)25-14-5-3-2-4-6-14)26-27(16-8-7-13(22)11-15(16)23)20(12)17-9-10-18(24)29-17/h2-11H,1H3,(H,25,28). The molecule has 4 aromatic rings. The molecule has 0 aliphatic carbocycles. The molecule has 1 N–H and O–H groups in total. The molecule has 0 radical (unpaired) electrons. The quantitative estimate of drug-likeness (QED) is 0.351. The van der Waals surface area contributed by atoms with Crippen LogP contribution in [-0.2, 0) is 0 Å². The maximum Gasteiger partial charge on any atom is 0.276 e.